The molecule has 0 radical (unpaired) electrons. The van der Waals surface area contributed by atoms with Crippen molar-refractivity contribution in [2.75, 3.05) is 0 Å². The van der Waals surface area contributed by atoms with Gasteiger partial charge in [-0.1, -0.05) is 23.8 Å². The van der Waals surface area contributed by atoms with Crippen LogP contribution in [-0.2, 0) is 6.18 Å². The summed E-state index contributed by atoms with van der Waals surface area (Å²) in [5.41, 5.74) is 1.63. The minimum absolute atomic E-state index is 0.000229. The lowest BCUT2D eigenvalue weighted by Crippen LogP contribution is -2.07. The van der Waals surface area contributed by atoms with Crippen LogP contribution in [0.2, 0.25) is 0 Å². The molecule has 0 bridgehead atoms. The Hall–Kier alpha value is -2.86. The summed E-state index contributed by atoms with van der Waals surface area (Å²) < 4.78 is 56.8. The SMILES string of the molecule is Cc1ccc(-n2c(-c3cccs3)cc(C(F)(F)F)c2-c2ccc(F)cc2)cc1. The van der Waals surface area contributed by atoms with E-state index < -0.39 is 17.6 Å². The van der Waals surface area contributed by atoms with Crippen molar-refractivity contribution < 1.29 is 17.6 Å². The van der Waals surface area contributed by atoms with Crippen molar-refractivity contribution in [3.8, 4) is 27.5 Å². The normalized spacial score (nSPS) is 11.8. The molecule has 4 rings (SSSR count). The van der Waals surface area contributed by atoms with Crippen LogP contribution in [0, 0.1) is 12.7 Å². The fourth-order valence-corrected chi connectivity index (χ4v) is 3.92. The third-order valence-corrected chi connectivity index (χ3v) is 5.38. The van der Waals surface area contributed by atoms with E-state index in [2.05, 4.69) is 0 Å². The molecule has 0 N–H and O–H groups in total. The molecule has 0 saturated heterocycles. The molecule has 0 unspecified atom stereocenters. The molecule has 1 nitrogen and oxygen atoms in total. The molecular formula is C22H15F4NS. The van der Waals surface area contributed by atoms with E-state index in [-0.39, 0.29) is 5.69 Å². The van der Waals surface area contributed by atoms with Gasteiger partial charge in [0.1, 0.15) is 5.82 Å². The number of thiophene rings is 1. The summed E-state index contributed by atoms with van der Waals surface area (Å²) in [6.45, 7) is 1.92. The molecule has 0 spiro atoms. The van der Waals surface area contributed by atoms with Crippen molar-refractivity contribution in [2.45, 2.75) is 13.1 Å². The van der Waals surface area contributed by atoms with Crippen molar-refractivity contribution in [3.05, 3.63) is 89.1 Å². The van der Waals surface area contributed by atoms with E-state index in [1.807, 2.05) is 24.4 Å². The lowest BCUT2D eigenvalue weighted by atomic mass is 10.1. The van der Waals surface area contributed by atoms with E-state index in [9.17, 15) is 17.6 Å². The standard InChI is InChI=1S/C22H15F4NS/c1-14-4-10-17(11-5-14)27-19(20-3-2-12-28-20)13-18(22(24,25)26)21(27)15-6-8-16(23)9-7-15/h2-13H,1H3. The second kappa shape index (κ2) is 6.95. The summed E-state index contributed by atoms with van der Waals surface area (Å²) in [5, 5.41) is 1.83. The highest BCUT2D eigenvalue weighted by Crippen LogP contribution is 2.44. The van der Waals surface area contributed by atoms with Gasteiger partial charge in [-0.2, -0.15) is 13.2 Å². The molecule has 2 heterocycles. The van der Waals surface area contributed by atoms with Gasteiger partial charge < -0.3 is 4.57 Å². The summed E-state index contributed by atoms with van der Waals surface area (Å²) in [7, 11) is 0. The van der Waals surface area contributed by atoms with E-state index in [1.54, 1.807) is 28.8 Å². The maximum atomic E-state index is 13.9. The van der Waals surface area contributed by atoms with Gasteiger partial charge in [-0.05, 0) is 66.4 Å². The Kier molecular flexibility index (Phi) is 4.59. The molecule has 4 aromatic rings. The quantitative estimate of drug-likeness (QED) is 0.317. The van der Waals surface area contributed by atoms with Crippen molar-refractivity contribution in [2.24, 2.45) is 0 Å². The minimum atomic E-state index is -4.55. The molecule has 0 fully saturated rings. The van der Waals surface area contributed by atoms with Gasteiger partial charge in [0, 0.05) is 5.69 Å². The van der Waals surface area contributed by atoms with Crippen LogP contribution in [0.3, 0.4) is 0 Å². The second-order valence-electron chi connectivity index (χ2n) is 6.44. The molecule has 142 valence electrons. The summed E-state index contributed by atoms with van der Waals surface area (Å²) in [5.74, 6) is -0.496. The average molecular weight is 401 g/mol. The van der Waals surface area contributed by atoms with Crippen LogP contribution in [0.1, 0.15) is 11.1 Å². The van der Waals surface area contributed by atoms with E-state index >= 15 is 0 Å². The van der Waals surface area contributed by atoms with Crippen molar-refractivity contribution in [3.63, 3.8) is 0 Å². The smallest absolute Gasteiger partial charge is 0.308 e. The zero-order valence-electron chi connectivity index (χ0n) is 14.8. The van der Waals surface area contributed by atoms with Gasteiger partial charge in [-0.3, -0.25) is 0 Å². The molecule has 2 aromatic heterocycles. The van der Waals surface area contributed by atoms with Crippen molar-refractivity contribution in [1.82, 2.24) is 4.57 Å². The fraction of sp³-hybridized carbons (Fsp3) is 0.0909. The predicted molar refractivity (Wildman–Crippen MR) is 104 cm³/mol. The number of hydrogen-bond donors (Lipinski definition) is 0. The van der Waals surface area contributed by atoms with Crippen LogP contribution >= 0.6 is 11.3 Å². The molecular weight excluding hydrogens is 386 g/mol. The van der Waals surface area contributed by atoms with Crippen LogP contribution in [0.15, 0.2) is 72.1 Å². The Morgan fingerprint density at radius 3 is 2.14 bits per heavy atom. The summed E-state index contributed by atoms with van der Waals surface area (Å²) in [6, 6.07) is 17.2. The van der Waals surface area contributed by atoms with Crippen molar-refractivity contribution in [1.29, 1.82) is 0 Å². The van der Waals surface area contributed by atoms with Gasteiger partial charge in [0.05, 0.1) is 21.8 Å². The van der Waals surface area contributed by atoms with E-state index in [1.165, 1.54) is 41.7 Å². The first-order valence-corrected chi connectivity index (χ1v) is 9.42. The van der Waals surface area contributed by atoms with Crippen molar-refractivity contribution >= 4 is 11.3 Å². The molecule has 0 aliphatic carbocycles. The molecule has 0 aliphatic rings. The lowest BCUT2D eigenvalue weighted by Gasteiger charge is -2.16. The summed E-state index contributed by atoms with van der Waals surface area (Å²) >= 11 is 1.37. The van der Waals surface area contributed by atoms with Gasteiger partial charge in [0.25, 0.3) is 0 Å². The number of aromatic nitrogens is 1. The second-order valence-corrected chi connectivity index (χ2v) is 7.39. The fourth-order valence-electron chi connectivity index (χ4n) is 3.19. The highest BCUT2D eigenvalue weighted by atomic mass is 32.1. The maximum Gasteiger partial charge on any atom is 0.418 e. The summed E-state index contributed by atoms with van der Waals surface area (Å²) in [6.07, 6.45) is -4.55. The van der Waals surface area contributed by atoms with Gasteiger partial charge in [-0.15, -0.1) is 11.3 Å². The molecule has 0 aliphatic heterocycles. The highest BCUT2D eigenvalue weighted by molar-refractivity contribution is 7.13. The first-order chi connectivity index (χ1) is 13.3. The Morgan fingerprint density at radius 1 is 0.893 bits per heavy atom. The average Bonchev–Trinajstić information content (AvgIpc) is 3.30. The first-order valence-electron chi connectivity index (χ1n) is 8.54. The zero-order valence-corrected chi connectivity index (χ0v) is 15.6. The number of halogens is 4. The third-order valence-electron chi connectivity index (χ3n) is 4.49. The van der Waals surface area contributed by atoms with Gasteiger partial charge in [0.2, 0.25) is 0 Å². The first kappa shape index (κ1) is 18.5. The van der Waals surface area contributed by atoms with Gasteiger partial charge >= 0.3 is 6.18 Å². The Bertz CT molecular complexity index is 1090. The number of aryl methyl sites for hydroxylation is 1. The molecule has 0 amide bonds. The molecule has 28 heavy (non-hydrogen) atoms. The van der Waals surface area contributed by atoms with Crippen LogP contribution in [0.4, 0.5) is 17.6 Å². The van der Waals surface area contributed by atoms with Crippen LogP contribution in [-0.4, -0.2) is 4.57 Å². The molecule has 6 heteroatoms. The van der Waals surface area contributed by atoms with Gasteiger partial charge in [0.15, 0.2) is 0 Å². The number of rotatable bonds is 3. The van der Waals surface area contributed by atoms with E-state index in [4.69, 9.17) is 0 Å². The third kappa shape index (κ3) is 3.36. The Balaban J connectivity index is 2.09. The number of benzene rings is 2. The zero-order chi connectivity index (χ0) is 19.9. The molecule has 2 aromatic carbocycles. The number of alkyl halides is 3. The van der Waals surface area contributed by atoms with Gasteiger partial charge in [-0.25, -0.2) is 4.39 Å². The monoisotopic (exact) mass is 401 g/mol. The summed E-state index contributed by atoms with van der Waals surface area (Å²) in [4.78, 5) is 0.722. The molecule has 0 atom stereocenters. The topological polar surface area (TPSA) is 4.93 Å². The highest BCUT2D eigenvalue weighted by Gasteiger charge is 2.38. The lowest BCUT2D eigenvalue weighted by molar-refractivity contribution is -0.137. The van der Waals surface area contributed by atoms with Crippen LogP contribution in [0.5, 0.6) is 0 Å². The van der Waals surface area contributed by atoms with E-state index in [0.717, 1.165) is 10.4 Å². The predicted octanol–water partition coefficient (Wildman–Crippen LogP) is 7.34. The maximum absolute atomic E-state index is 13.9. The largest absolute Gasteiger partial charge is 0.418 e. The number of hydrogen-bond acceptors (Lipinski definition) is 1. The minimum Gasteiger partial charge on any atom is -0.308 e. The van der Waals surface area contributed by atoms with E-state index in [0.29, 0.717) is 16.9 Å². The van der Waals surface area contributed by atoms with Crippen LogP contribution < -0.4 is 0 Å². The Morgan fingerprint density at radius 2 is 1.57 bits per heavy atom. The Labute approximate surface area is 163 Å². The molecule has 0 saturated carbocycles. The van der Waals surface area contributed by atoms with Crippen LogP contribution in [0.25, 0.3) is 27.5 Å². The number of nitrogens with zero attached hydrogens (tertiary/aromatic N) is 1.